The number of carbonyl (C=O) groups is 3. The minimum Gasteiger partial charge on any atom is -0.481 e. The second-order valence-corrected chi connectivity index (χ2v) is 5.53. The number of rotatable bonds is 9. The second kappa shape index (κ2) is 24.9. The molecule has 0 radical (unpaired) electrons. The van der Waals surface area contributed by atoms with Crippen molar-refractivity contribution in [1.29, 1.82) is 10.8 Å². The molecule has 0 aliphatic carbocycles. The Kier molecular flexibility index (Phi) is 28.8. The van der Waals surface area contributed by atoms with Crippen molar-refractivity contribution in [2.75, 3.05) is 6.54 Å². The Bertz CT molecular complexity index is 418. The van der Waals surface area contributed by atoms with Gasteiger partial charge in [-0.05, 0) is 6.42 Å². The van der Waals surface area contributed by atoms with Crippen molar-refractivity contribution in [3.05, 3.63) is 0 Å². The molecule has 0 amide bonds. The first-order valence-corrected chi connectivity index (χ1v) is 8.83. The van der Waals surface area contributed by atoms with Gasteiger partial charge in [-0.25, -0.2) is 0 Å². The number of hydrazine groups is 2. The van der Waals surface area contributed by atoms with Crippen molar-refractivity contribution in [2.45, 2.75) is 66.2 Å². The summed E-state index contributed by atoms with van der Waals surface area (Å²) in [7, 11) is 0. The summed E-state index contributed by atoms with van der Waals surface area (Å²) in [5, 5.41) is 37.9. The van der Waals surface area contributed by atoms with Crippen LogP contribution in [0.25, 0.3) is 0 Å². The van der Waals surface area contributed by atoms with Gasteiger partial charge >= 0.3 is 0 Å². The van der Waals surface area contributed by atoms with Crippen molar-refractivity contribution in [3.8, 4) is 0 Å². The number of hydrogen-bond acceptors (Lipinski definition) is 6. The molecule has 0 bridgehead atoms. The smallest absolute Gasteiger partial charge is 0.300 e. The number of nitrogens with zero attached hydrogens (tertiary/aromatic N) is 1. The van der Waals surface area contributed by atoms with Gasteiger partial charge in [0.25, 0.3) is 17.9 Å². The zero-order chi connectivity index (χ0) is 23.8. The van der Waals surface area contributed by atoms with Crippen LogP contribution in [-0.2, 0) is 14.4 Å². The molecule has 13 heteroatoms. The van der Waals surface area contributed by atoms with E-state index in [1.165, 1.54) is 30.8 Å². The molecule has 0 atom stereocenters. The predicted octanol–water partition coefficient (Wildman–Crippen LogP) is 0.718. The topological polar surface area (TPSA) is 239 Å². The number of carboxylic acid groups (broad SMARTS) is 3. The van der Waals surface area contributed by atoms with Crippen molar-refractivity contribution >= 4 is 29.8 Å². The van der Waals surface area contributed by atoms with E-state index in [-0.39, 0.29) is 11.9 Å². The molecule has 172 valence electrons. The van der Waals surface area contributed by atoms with E-state index in [1.807, 2.05) is 0 Å². The lowest BCUT2D eigenvalue weighted by Gasteiger charge is -2.23. The van der Waals surface area contributed by atoms with E-state index in [0.29, 0.717) is 6.54 Å². The quantitative estimate of drug-likeness (QED) is 0.108. The molecule has 0 aliphatic rings. The maximum Gasteiger partial charge on any atom is 0.300 e. The first kappa shape index (κ1) is 33.5. The zero-order valence-electron chi connectivity index (χ0n) is 17.6. The molecule has 13 nitrogen and oxygen atoms in total. The molecule has 11 N–H and O–H groups in total. The van der Waals surface area contributed by atoms with E-state index in [1.54, 1.807) is 0 Å². The van der Waals surface area contributed by atoms with Gasteiger partial charge in [-0.15, -0.1) is 5.12 Å². The summed E-state index contributed by atoms with van der Waals surface area (Å²) in [4.78, 5) is 27.0. The molecule has 0 aromatic heterocycles. The summed E-state index contributed by atoms with van der Waals surface area (Å²) in [6.07, 6.45) is 7.07. The summed E-state index contributed by atoms with van der Waals surface area (Å²) in [5.41, 5.74) is 15.6. The van der Waals surface area contributed by atoms with Crippen LogP contribution >= 0.6 is 0 Å². The Balaban J connectivity index is -0.000000212. The first-order valence-electron chi connectivity index (χ1n) is 8.83. The van der Waals surface area contributed by atoms with Crippen LogP contribution < -0.4 is 22.3 Å². The maximum absolute atomic E-state index is 9.00. The van der Waals surface area contributed by atoms with Crippen molar-refractivity contribution in [3.63, 3.8) is 0 Å². The molecule has 0 heterocycles. The summed E-state index contributed by atoms with van der Waals surface area (Å²) < 4.78 is 0. The number of carboxylic acids is 3. The molecule has 0 aromatic rings. The summed E-state index contributed by atoms with van der Waals surface area (Å²) in [5.74, 6) is -2.85. The van der Waals surface area contributed by atoms with Crippen LogP contribution in [0, 0.1) is 10.8 Å². The summed E-state index contributed by atoms with van der Waals surface area (Å²) in [6.45, 7) is 6.08. The van der Waals surface area contributed by atoms with E-state index >= 15 is 0 Å². The van der Waals surface area contributed by atoms with Gasteiger partial charge in [-0.2, -0.15) is 0 Å². The van der Waals surface area contributed by atoms with Gasteiger partial charge in [0.2, 0.25) is 11.9 Å². The lowest BCUT2D eigenvalue weighted by Crippen LogP contribution is -2.56. The number of aliphatic carboxylic acids is 3. The lowest BCUT2D eigenvalue weighted by molar-refractivity contribution is -0.135. The number of guanidine groups is 2. The normalized spacial score (nSPS) is 8.59. The molecular formula is C16H37N7O6. The highest BCUT2D eigenvalue weighted by molar-refractivity contribution is 5.75. The highest BCUT2D eigenvalue weighted by Gasteiger charge is 2.04. The van der Waals surface area contributed by atoms with Crippen molar-refractivity contribution < 1.29 is 29.7 Å². The Morgan fingerprint density at radius 3 is 1.31 bits per heavy atom. The maximum atomic E-state index is 9.00. The van der Waals surface area contributed by atoms with E-state index in [2.05, 4.69) is 17.8 Å². The third kappa shape index (κ3) is 78.4. The van der Waals surface area contributed by atoms with Crippen LogP contribution in [0.4, 0.5) is 0 Å². The van der Waals surface area contributed by atoms with Crippen LogP contribution in [0.3, 0.4) is 0 Å². The van der Waals surface area contributed by atoms with Gasteiger partial charge in [0.05, 0.1) is 0 Å². The minimum absolute atomic E-state index is 0.176. The molecule has 0 fully saturated rings. The average molecular weight is 424 g/mol. The molecule has 0 spiro atoms. The molecule has 29 heavy (non-hydrogen) atoms. The minimum atomic E-state index is -0.833. The van der Waals surface area contributed by atoms with Gasteiger partial charge in [-0.3, -0.25) is 36.1 Å². The molecule has 0 aromatic carbocycles. The second-order valence-electron chi connectivity index (χ2n) is 5.53. The van der Waals surface area contributed by atoms with E-state index in [9.17, 15) is 0 Å². The fourth-order valence-electron chi connectivity index (χ4n) is 1.48. The average Bonchev–Trinajstić information content (AvgIpc) is 2.47. The summed E-state index contributed by atoms with van der Waals surface area (Å²) in [6, 6.07) is 0. The molecule has 0 saturated carbocycles. The first-order chi connectivity index (χ1) is 13.3. The standard InChI is InChI=1S/C10H25N7.3C2H4O2/c1-2-3-4-5-6-7-8-17(15-9(11)12)16-10(13)14;3*1-2(3)4/h2-8H2,1H3,(H4,11,12,15)(H4,13,14,16);3*1H3,(H,3,4). The Hall–Kier alpha value is -3.09. The van der Waals surface area contributed by atoms with Gasteiger partial charge in [-0.1, -0.05) is 39.0 Å². The molecule has 0 aliphatic heterocycles. The molecular weight excluding hydrogens is 386 g/mol. The van der Waals surface area contributed by atoms with Gasteiger partial charge in [0.1, 0.15) is 0 Å². The lowest BCUT2D eigenvalue weighted by atomic mass is 10.1. The van der Waals surface area contributed by atoms with Crippen LogP contribution in [0.5, 0.6) is 0 Å². The monoisotopic (exact) mass is 423 g/mol. The number of hydrogen-bond donors (Lipinski definition) is 9. The van der Waals surface area contributed by atoms with E-state index < -0.39 is 17.9 Å². The van der Waals surface area contributed by atoms with Crippen molar-refractivity contribution in [1.82, 2.24) is 16.0 Å². The van der Waals surface area contributed by atoms with Crippen LogP contribution in [0.15, 0.2) is 0 Å². The Morgan fingerprint density at radius 2 is 1.03 bits per heavy atom. The Labute approximate surface area is 171 Å². The zero-order valence-corrected chi connectivity index (χ0v) is 17.6. The SMILES string of the molecule is CC(=O)O.CC(=O)O.CC(=O)O.CCCCCCCCN(NC(=N)N)NC(=N)N. The third-order valence-electron chi connectivity index (χ3n) is 2.25. The largest absolute Gasteiger partial charge is 0.481 e. The van der Waals surface area contributed by atoms with Crippen LogP contribution in [0.1, 0.15) is 66.2 Å². The number of nitrogens with two attached hydrogens (primary N) is 2. The van der Waals surface area contributed by atoms with Gasteiger partial charge in [0, 0.05) is 27.3 Å². The fourth-order valence-corrected chi connectivity index (χ4v) is 1.48. The number of nitrogens with one attached hydrogen (secondary N) is 4. The highest BCUT2D eigenvalue weighted by Crippen LogP contribution is 2.04. The molecule has 0 saturated heterocycles. The van der Waals surface area contributed by atoms with Gasteiger partial charge < -0.3 is 26.8 Å². The highest BCUT2D eigenvalue weighted by atomic mass is 16.4. The summed E-state index contributed by atoms with van der Waals surface area (Å²) >= 11 is 0. The van der Waals surface area contributed by atoms with Gasteiger partial charge in [0.15, 0.2) is 0 Å². The Morgan fingerprint density at radius 1 is 0.759 bits per heavy atom. The molecule has 0 unspecified atom stereocenters. The molecule has 0 rings (SSSR count). The van der Waals surface area contributed by atoms with Crippen LogP contribution in [-0.4, -0.2) is 56.8 Å². The third-order valence-corrected chi connectivity index (χ3v) is 2.25. The number of unbranched alkanes of at least 4 members (excludes halogenated alkanes) is 5. The van der Waals surface area contributed by atoms with E-state index in [4.69, 9.17) is 52.0 Å². The fraction of sp³-hybridized carbons (Fsp3) is 0.688. The van der Waals surface area contributed by atoms with Crippen LogP contribution in [0.2, 0.25) is 0 Å². The van der Waals surface area contributed by atoms with Crippen molar-refractivity contribution in [2.24, 2.45) is 11.5 Å². The van der Waals surface area contributed by atoms with E-state index in [0.717, 1.165) is 33.6 Å². The predicted molar refractivity (Wildman–Crippen MR) is 110 cm³/mol.